The van der Waals surface area contributed by atoms with Gasteiger partial charge in [-0.25, -0.2) is 0 Å². The van der Waals surface area contributed by atoms with E-state index in [1.807, 2.05) is 0 Å². The lowest BCUT2D eigenvalue weighted by molar-refractivity contribution is 0.271. The van der Waals surface area contributed by atoms with Crippen molar-refractivity contribution in [2.45, 2.75) is 13.7 Å². The van der Waals surface area contributed by atoms with Gasteiger partial charge in [-0.2, -0.15) is 0 Å². The van der Waals surface area contributed by atoms with Crippen LogP contribution in [0.2, 0.25) is 0 Å². The normalized spacial score (nSPS) is 29.9. The van der Waals surface area contributed by atoms with Crippen LogP contribution in [-0.4, -0.2) is 18.0 Å². The molecule has 0 aromatic heterocycles. The second kappa shape index (κ2) is 5.27. The Kier molecular flexibility index (Phi) is 0.884. The number of hydrogen-bond donors (Lipinski definition) is 1. The molecule has 1 N–H and O–H groups in total. The van der Waals surface area contributed by atoms with E-state index in [4.69, 9.17) is 24.4 Å². The molecular formula is C11H15NO2. The summed E-state index contributed by atoms with van der Waals surface area (Å²) in [6.45, 7) is -11.3. The van der Waals surface area contributed by atoms with Crippen LogP contribution in [0.25, 0.3) is 0 Å². The quantitative estimate of drug-likeness (QED) is 0.468. The maximum atomic E-state index is 8.63. The Morgan fingerprint density at radius 1 is 1.79 bits per heavy atom. The molecule has 76 valence electrons. The third-order valence-electron chi connectivity index (χ3n) is 1.02. The van der Waals surface area contributed by atoms with E-state index in [0.717, 1.165) is 0 Å². The Labute approximate surface area is 104 Å². The highest BCUT2D eigenvalue weighted by molar-refractivity contribution is 5.79. The van der Waals surface area contributed by atoms with Crippen molar-refractivity contribution < 1.29 is 29.1 Å². The van der Waals surface area contributed by atoms with E-state index in [2.05, 4.69) is 9.89 Å². The van der Waals surface area contributed by atoms with Crippen molar-refractivity contribution in [1.82, 2.24) is 0 Å². The second-order valence-electron chi connectivity index (χ2n) is 2.00. The van der Waals surface area contributed by atoms with Crippen molar-refractivity contribution in [1.29, 1.82) is 0 Å². The molecule has 0 aliphatic rings. The van der Waals surface area contributed by atoms with Gasteiger partial charge in [-0.05, 0) is 35.6 Å². The molecule has 0 saturated heterocycles. The van der Waals surface area contributed by atoms with Gasteiger partial charge < -0.3 is 9.94 Å². The second-order valence-corrected chi connectivity index (χ2v) is 2.00. The highest BCUT2D eigenvalue weighted by Gasteiger charge is 1.96. The van der Waals surface area contributed by atoms with Gasteiger partial charge >= 0.3 is 0 Å². The van der Waals surface area contributed by atoms with E-state index in [1.165, 1.54) is 0 Å². The number of rotatable bonds is 4. The van der Waals surface area contributed by atoms with Gasteiger partial charge in [0.05, 0.1) is 22.3 Å². The number of nitrogens with zero attached hydrogens (tertiary/aromatic N) is 1. The van der Waals surface area contributed by atoms with Crippen LogP contribution in [0.4, 0.5) is 0 Å². The predicted octanol–water partition coefficient (Wildman–Crippen LogP) is 2.53. The van der Waals surface area contributed by atoms with E-state index in [-0.39, 0.29) is 0 Å². The largest absolute Gasteiger partial charge is 0.493 e. The van der Waals surface area contributed by atoms with E-state index in [0.29, 0.717) is 0 Å². The number of oxime groups is 1. The molecule has 0 saturated carbocycles. The van der Waals surface area contributed by atoms with Crippen molar-refractivity contribution in [3.8, 4) is 5.75 Å². The molecule has 0 heterocycles. The fourth-order valence-electron chi connectivity index (χ4n) is 0.560. The van der Waals surface area contributed by atoms with E-state index < -0.39 is 67.8 Å². The molecule has 14 heavy (non-hydrogen) atoms. The molecule has 3 heteroatoms. The van der Waals surface area contributed by atoms with Crippen molar-refractivity contribution >= 4 is 6.19 Å². The molecule has 0 spiro atoms. The van der Waals surface area contributed by atoms with Crippen LogP contribution in [0.3, 0.4) is 0 Å². The van der Waals surface area contributed by atoms with Crippen LogP contribution in [0.1, 0.15) is 38.5 Å². The lowest BCUT2D eigenvalue weighted by atomic mass is 10.2. The Balaban J connectivity index is 3.73. The molecule has 0 amide bonds. The molecular weight excluding hydrogens is 178 g/mol. The van der Waals surface area contributed by atoms with Gasteiger partial charge in [0.2, 0.25) is 0 Å². The Morgan fingerprint density at radius 3 is 3.07 bits per heavy atom. The monoisotopic (exact) mass is 207 g/mol. The summed E-state index contributed by atoms with van der Waals surface area (Å²) >= 11 is 0. The Morgan fingerprint density at radius 2 is 2.50 bits per heavy atom. The average Bonchev–Trinajstić information content (AvgIpc) is 2.53. The summed E-state index contributed by atoms with van der Waals surface area (Å²) < 4.78 is 110. The number of hydrogen-bond acceptors (Lipinski definition) is 3. The van der Waals surface area contributed by atoms with E-state index in [9.17, 15) is 0 Å². The van der Waals surface area contributed by atoms with Crippen LogP contribution in [-0.2, 0) is 0 Å². The van der Waals surface area contributed by atoms with E-state index >= 15 is 0 Å². The molecule has 0 aliphatic carbocycles. The molecule has 0 atom stereocenters. The van der Waals surface area contributed by atoms with Gasteiger partial charge in [0.25, 0.3) is 0 Å². The lowest BCUT2D eigenvalue weighted by Crippen LogP contribution is -2.04. The molecule has 0 unspecified atom stereocenters. The van der Waals surface area contributed by atoms with Crippen molar-refractivity contribution in [3.63, 3.8) is 0 Å². The van der Waals surface area contributed by atoms with Crippen LogP contribution in [0, 0.1) is 5.89 Å². The summed E-state index contributed by atoms with van der Waals surface area (Å²) in [4.78, 5) is 0. The van der Waals surface area contributed by atoms with Crippen molar-refractivity contribution in [2.75, 3.05) is 6.56 Å². The predicted molar refractivity (Wildman–Crippen MR) is 56.2 cm³/mol. The van der Waals surface area contributed by atoms with Gasteiger partial charge in [-0.1, -0.05) is 18.9 Å². The summed E-state index contributed by atoms with van der Waals surface area (Å²) in [7, 11) is 0. The van der Waals surface area contributed by atoms with Gasteiger partial charge in [-0.3, -0.25) is 0 Å². The highest BCUT2D eigenvalue weighted by atomic mass is 16.5. The standard InChI is InChI=1S/C11H15NO2/c1-9(2)8-14-11-5-3-10(4-6-11)7-12-13/h3-7,9,13H,8H2,1-2H3/b12-7+/i1D3,2D3,3D,4D,5D,6D,7D,8D2,9D. The summed E-state index contributed by atoms with van der Waals surface area (Å²) in [6, 6.07) is -4.14. The first-order chi connectivity index (χ1) is 12.3. The van der Waals surface area contributed by atoms with Crippen LogP contribution >= 0.6 is 0 Å². The van der Waals surface area contributed by atoms with Gasteiger partial charge in [0, 0.05) is 9.60 Å². The highest BCUT2D eigenvalue weighted by Crippen LogP contribution is 2.12. The summed E-state index contributed by atoms with van der Waals surface area (Å²) in [5.41, 5.74) is -0.755. The van der Waals surface area contributed by atoms with Crippen molar-refractivity contribution in [3.05, 3.63) is 29.7 Å². The molecule has 1 rings (SSSR count). The molecule has 0 aliphatic heterocycles. The fourth-order valence-corrected chi connectivity index (χ4v) is 0.560. The Bertz CT molecular complexity index is 753. The first kappa shape index (κ1) is 2.35. The van der Waals surface area contributed by atoms with Crippen LogP contribution in [0.5, 0.6) is 5.75 Å². The van der Waals surface area contributed by atoms with Gasteiger partial charge in [0.1, 0.15) is 5.75 Å². The zero-order chi connectivity index (χ0) is 22.5. The maximum absolute atomic E-state index is 8.63. The third kappa shape index (κ3) is 3.47. The molecule has 0 fully saturated rings. The maximum Gasteiger partial charge on any atom is 0.119 e. The first-order valence-electron chi connectivity index (χ1n) is 10.3. The van der Waals surface area contributed by atoms with Crippen LogP contribution < -0.4 is 4.74 Å². The SMILES string of the molecule is [2H]/C(=N\O)c1c([2H])c([2H])c(OC([2H])([2H])C([2H])(C([2H])([2H])[2H])C([2H])([2H])[2H])c([2H])c1[2H]. The topological polar surface area (TPSA) is 41.8 Å². The molecule has 3 nitrogen and oxygen atoms in total. The lowest BCUT2D eigenvalue weighted by Gasteiger charge is -2.08. The number of benzene rings is 1. The zero-order valence-corrected chi connectivity index (χ0v) is 6.80. The van der Waals surface area contributed by atoms with E-state index in [1.54, 1.807) is 0 Å². The minimum absolute atomic E-state index is 0.755. The summed E-state index contributed by atoms with van der Waals surface area (Å²) in [5.74, 6) is -5.01. The Hall–Kier alpha value is -1.51. The minimum atomic E-state index is -3.85. The third-order valence-corrected chi connectivity index (χ3v) is 1.02. The van der Waals surface area contributed by atoms with Crippen molar-refractivity contribution in [2.24, 2.45) is 11.0 Å². The summed E-state index contributed by atoms with van der Waals surface area (Å²) in [6.07, 6.45) is -1.04. The smallest absolute Gasteiger partial charge is 0.119 e. The van der Waals surface area contributed by atoms with Crippen LogP contribution in [0.15, 0.2) is 29.3 Å². The molecule has 1 aromatic rings. The average molecular weight is 207 g/mol. The van der Waals surface area contributed by atoms with Gasteiger partial charge in [-0.15, -0.1) is 0 Å². The molecule has 0 bridgehead atoms. The zero-order valence-electron chi connectivity index (χ0n) is 20.8. The molecule has 1 aromatic carbocycles. The summed E-state index contributed by atoms with van der Waals surface area (Å²) in [5, 5.41) is 11.1. The van der Waals surface area contributed by atoms with Gasteiger partial charge in [0.15, 0.2) is 0 Å². The first-order valence-corrected chi connectivity index (χ1v) is 3.33. The number of ether oxygens (including phenoxy) is 1. The molecule has 0 radical (unpaired) electrons. The fraction of sp³-hybridized carbons (Fsp3) is 0.364. The minimum Gasteiger partial charge on any atom is -0.493 e.